The van der Waals surface area contributed by atoms with Gasteiger partial charge in [-0.05, 0) is 11.6 Å². The molecule has 5 nitrogen and oxygen atoms in total. The number of ketones is 1. The summed E-state index contributed by atoms with van der Waals surface area (Å²) in [5.41, 5.74) is -3.72. The van der Waals surface area contributed by atoms with Gasteiger partial charge in [0.1, 0.15) is 5.92 Å². The Morgan fingerprint density at radius 2 is 1.67 bits per heavy atom. The van der Waals surface area contributed by atoms with Crippen molar-refractivity contribution < 1.29 is 27.9 Å². The number of carbonyl (C=O) groups is 2. The fourth-order valence-electron chi connectivity index (χ4n) is 3.11. The fraction of sp³-hybridized carbons (Fsp3) is 0.222. The normalized spacial score (nSPS) is 25.4. The molecule has 0 bridgehead atoms. The van der Waals surface area contributed by atoms with Gasteiger partial charge in [-0.1, -0.05) is 60.1 Å². The van der Waals surface area contributed by atoms with Gasteiger partial charge in [-0.3, -0.25) is 4.79 Å². The summed E-state index contributed by atoms with van der Waals surface area (Å²) in [6, 6.07) is 10.3. The Morgan fingerprint density at radius 1 is 1.07 bits per heavy atom. The molecular weight excluding hydrogens is 385 g/mol. The van der Waals surface area contributed by atoms with E-state index in [0.29, 0.717) is 0 Å². The molecule has 0 aromatic heterocycles. The van der Waals surface area contributed by atoms with E-state index >= 15 is 0 Å². The molecule has 2 amide bonds. The zero-order chi connectivity index (χ0) is 19.8. The molecule has 27 heavy (non-hydrogen) atoms. The maximum atomic E-state index is 13.7. The molecular formula is C18H14ClF3N2O3. The van der Waals surface area contributed by atoms with Crippen molar-refractivity contribution >= 4 is 23.4 Å². The molecule has 1 heterocycles. The van der Waals surface area contributed by atoms with E-state index < -0.39 is 35.7 Å². The largest absolute Gasteiger partial charge is 0.437 e. The highest BCUT2D eigenvalue weighted by atomic mass is 35.5. The zero-order valence-electron chi connectivity index (χ0n) is 13.6. The molecule has 0 saturated carbocycles. The third-order valence-electron chi connectivity index (χ3n) is 4.39. The van der Waals surface area contributed by atoms with Crippen molar-refractivity contribution in [3.63, 3.8) is 0 Å². The summed E-state index contributed by atoms with van der Waals surface area (Å²) >= 11 is 6.08. The van der Waals surface area contributed by atoms with Crippen LogP contribution in [0.25, 0.3) is 0 Å². The molecule has 1 aliphatic rings. The lowest BCUT2D eigenvalue weighted by Gasteiger charge is -2.45. The molecule has 142 valence electrons. The molecule has 9 heteroatoms. The molecule has 1 fully saturated rings. The summed E-state index contributed by atoms with van der Waals surface area (Å²) in [5, 5.41) is 14.2. The van der Waals surface area contributed by atoms with Crippen molar-refractivity contribution in [2.24, 2.45) is 5.92 Å². The van der Waals surface area contributed by atoms with Gasteiger partial charge >= 0.3 is 12.2 Å². The van der Waals surface area contributed by atoms with Gasteiger partial charge < -0.3 is 15.7 Å². The maximum absolute atomic E-state index is 13.7. The summed E-state index contributed by atoms with van der Waals surface area (Å²) in [6.07, 6.45) is -5.31. The number of aliphatic hydroxyl groups is 1. The van der Waals surface area contributed by atoms with Crippen LogP contribution < -0.4 is 10.6 Å². The molecule has 0 aliphatic carbocycles. The number of nitrogens with one attached hydrogen (secondary N) is 2. The van der Waals surface area contributed by atoms with Crippen LogP contribution in [-0.2, 0) is 0 Å². The average molecular weight is 399 g/mol. The van der Waals surface area contributed by atoms with Gasteiger partial charge in [-0.15, -0.1) is 0 Å². The molecule has 3 N–H and O–H groups in total. The predicted octanol–water partition coefficient (Wildman–Crippen LogP) is 3.44. The van der Waals surface area contributed by atoms with Crippen LogP contribution in [0.2, 0.25) is 5.02 Å². The Kier molecular flexibility index (Phi) is 4.88. The van der Waals surface area contributed by atoms with Crippen LogP contribution in [0, 0.1) is 5.92 Å². The van der Waals surface area contributed by atoms with Crippen LogP contribution in [-0.4, -0.2) is 28.8 Å². The minimum Gasteiger partial charge on any atom is -0.363 e. The molecule has 1 saturated heterocycles. The van der Waals surface area contributed by atoms with Gasteiger partial charge in [-0.25, -0.2) is 4.79 Å². The van der Waals surface area contributed by atoms with E-state index in [0.717, 1.165) is 0 Å². The van der Waals surface area contributed by atoms with Crippen molar-refractivity contribution in [2.45, 2.75) is 17.9 Å². The van der Waals surface area contributed by atoms with E-state index in [-0.39, 0.29) is 16.1 Å². The topological polar surface area (TPSA) is 78.4 Å². The SMILES string of the molecule is O=C1N[C@H](c2ccccc2Cl)[C@H](C(=O)c2ccccc2)[C@@](O)(C(F)(F)F)N1. The minimum atomic E-state index is -5.31. The summed E-state index contributed by atoms with van der Waals surface area (Å²) in [6.45, 7) is 0. The molecule has 0 radical (unpaired) electrons. The van der Waals surface area contributed by atoms with E-state index in [2.05, 4.69) is 5.32 Å². The Labute approximate surface area is 157 Å². The van der Waals surface area contributed by atoms with Gasteiger partial charge in [0.2, 0.25) is 5.72 Å². The lowest BCUT2D eigenvalue weighted by atomic mass is 9.77. The predicted molar refractivity (Wildman–Crippen MR) is 91.1 cm³/mol. The summed E-state index contributed by atoms with van der Waals surface area (Å²) < 4.78 is 41.2. The van der Waals surface area contributed by atoms with Gasteiger partial charge in [-0.2, -0.15) is 13.2 Å². The lowest BCUT2D eigenvalue weighted by molar-refractivity contribution is -0.287. The van der Waals surface area contributed by atoms with Crippen LogP contribution in [0.1, 0.15) is 22.0 Å². The highest BCUT2D eigenvalue weighted by molar-refractivity contribution is 6.31. The second-order valence-electron chi connectivity index (χ2n) is 6.07. The van der Waals surface area contributed by atoms with Gasteiger partial charge in [0, 0.05) is 10.6 Å². The second kappa shape index (κ2) is 6.86. The minimum absolute atomic E-state index is 0.0415. The van der Waals surface area contributed by atoms with E-state index in [9.17, 15) is 27.9 Å². The smallest absolute Gasteiger partial charge is 0.363 e. The number of amides is 2. The quantitative estimate of drug-likeness (QED) is 0.693. The Balaban J connectivity index is 2.19. The van der Waals surface area contributed by atoms with E-state index in [4.69, 9.17) is 11.6 Å². The number of rotatable bonds is 3. The number of urea groups is 1. The van der Waals surface area contributed by atoms with Crippen molar-refractivity contribution in [3.8, 4) is 0 Å². The average Bonchev–Trinajstić information content (AvgIpc) is 2.61. The highest BCUT2D eigenvalue weighted by Crippen LogP contribution is 2.45. The van der Waals surface area contributed by atoms with Crippen molar-refractivity contribution in [1.82, 2.24) is 10.6 Å². The number of carbonyl (C=O) groups excluding carboxylic acids is 2. The first-order valence-corrected chi connectivity index (χ1v) is 8.24. The van der Waals surface area contributed by atoms with Crippen LogP contribution in [0.3, 0.4) is 0 Å². The summed E-state index contributed by atoms with van der Waals surface area (Å²) in [7, 11) is 0. The molecule has 1 aliphatic heterocycles. The van der Waals surface area contributed by atoms with Crippen LogP contribution in [0.15, 0.2) is 54.6 Å². The van der Waals surface area contributed by atoms with Gasteiger partial charge in [0.15, 0.2) is 5.78 Å². The maximum Gasteiger partial charge on any atom is 0.437 e. The first-order valence-electron chi connectivity index (χ1n) is 7.86. The number of hydrogen-bond acceptors (Lipinski definition) is 3. The first-order chi connectivity index (χ1) is 12.6. The number of Topliss-reactive ketones (excluding diaryl/α,β-unsaturated/α-hetero) is 1. The molecule has 2 aromatic carbocycles. The fourth-order valence-corrected chi connectivity index (χ4v) is 3.36. The molecule has 3 atom stereocenters. The lowest BCUT2D eigenvalue weighted by Crippen LogP contribution is -2.72. The van der Waals surface area contributed by atoms with Crippen LogP contribution >= 0.6 is 11.6 Å². The van der Waals surface area contributed by atoms with Crippen molar-refractivity contribution in [2.75, 3.05) is 0 Å². The number of hydrogen-bond donors (Lipinski definition) is 3. The van der Waals surface area contributed by atoms with E-state index in [1.807, 2.05) is 0 Å². The Bertz CT molecular complexity index is 876. The van der Waals surface area contributed by atoms with Gasteiger partial charge in [0.05, 0.1) is 6.04 Å². The number of halogens is 4. The zero-order valence-corrected chi connectivity index (χ0v) is 14.4. The monoisotopic (exact) mass is 398 g/mol. The number of alkyl halides is 3. The molecule has 0 unspecified atom stereocenters. The Hall–Kier alpha value is -2.58. The van der Waals surface area contributed by atoms with Crippen molar-refractivity contribution in [1.29, 1.82) is 0 Å². The third kappa shape index (κ3) is 3.38. The molecule has 0 spiro atoms. The standard InChI is InChI=1S/C18H14ClF3N2O3/c19-12-9-5-4-8-11(12)14-13(15(25)10-6-2-1-3-7-10)17(27,18(20,21)22)24-16(26)23-14/h1-9,13-14,27H,(H2,23,24,26)/t13-,14-,17-/m1/s1. The highest BCUT2D eigenvalue weighted by Gasteiger charge is 2.66. The third-order valence-corrected chi connectivity index (χ3v) is 4.73. The van der Waals surface area contributed by atoms with E-state index in [1.54, 1.807) is 12.1 Å². The molecule has 2 aromatic rings. The summed E-state index contributed by atoms with van der Waals surface area (Å²) in [4.78, 5) is 24.9. The first kappa shape index (κ1) is 19.2. The van der Waals surface area contributed by atoms with E-state index in [1.165, 1.54) is 47.8 Å². The van der Waals surface area contributed by atoms with Crippen LogP contribution in [0.4, 0.5) is 18.0 Å². The second-order valence-corrected chi connectivity index (χ2v) is 6.48. The van der Waals surface area contributed by atoms with Gasteiger partial charge in [0.25, 0.3) is 0 Å². The van der Waals surface area contributed by atoms with Crippen LogP contribution in [0.5, 0.6) is 0 Å². The Morgan fingerprint density at radius 3 is 2.26 bits per heavy atom. The molecule has 3 rings (SSSR count). The van der Waals surface area contributed by atoms with Crippen molar-refractivity contribution in [3.05, 3.63) is 70.7 Å². The number of benzene rings is 2. The summed E-state index contributed by atoms with van der Waals surface area (Å²) in [5.74, 6) is -3.09.